The molecule has 1 atom stereocenters. The number of anilines is 1. The highest BCUT2D eigenvalue weighted by Crippen LogP contribution is 2.09. The highest BCUT2D eigenvalue weighted by Gasteiger charge is 2.12. The largest absolute Gasteiger partial charge is 0.325 e. The highest BCUT2D eigenvalue weighted by molar-refractivity contribution is 7.98. The molecule has 0 saturated heterocycles. The molecule has 3 N–H and O–H groups in total. The van der Waals surface area contributed by atoms with Crippen LogP contribution in [0.25, 0.3) is 0 Å². The quantitative estimate of drug-likeness (QED) is 0.825. The molecule has 0 fully saturated rings. The SMILES string of the molecule is CSCCC(N)C(=O)Nc1ccc(C)cc1. The fraction of sp³-hybridized carbons (Fsp3) is 0.417. The Bertz CT molecular complexity index is 337. The number of benzene rings is 1. The first-order chi connectivity index (χ1) is 7.63. The molecule has 1 aromatic rings. The molecule has 0 aromatic heterocycles. The van der Waals surface area contributed by atoms with Gasteiger partial charge < -0.3 is 11.1 Å². The monoisotopic (exact) mass is 238 g/mol. The number of nitrogens with two attached hydrogens (primary N) is 1. The lowest BCUT2D eigenvalue weighted by Crippen LogP contribution is -2.36. The highest BCUT2D eigenvalue weighted by atomic mass is 32.2. The summed E-state index contributed by atoms with van der Waals surface area (Å²) >= 11 is 1.70. The lowest BCUT2D eigenvalue weighted by atomic mass is 10.2. The van der Waals surface area contributed by atoms with Crippen molar-refractivity contribution in [3.8, 4) is 0 Å². The Morgan fingerprint density at radius 3 is 2.62 bits per heavy atom. The lowest BCUT2D eigenvalue weighted by Gasteiger charge is -2.11. The van der Waals surface area contributed by atoms with E-state index in [0.29, 0.717) is 6.42 Å². The minimum atomic E-state index is -0.422. The molecule has 0 aliphatic rings. The van der Waals surface area contributed by atoms with E-state index in [-0.39, 0.29) is 5.91 Å². The number of aryl methyl sites for hydroxylation is 1. The second-order valence-corrected chi connectivity index (χ2v) is 4.73. The van der Waals surface area contributed by atoms with Crippen molar-refractivity contribution in [1.29, 1.82) is 0 Å². The van der Waals surface area contributed by atoms with Crippen LogP contribution in [0, 0.1) is 6.92 Å². The van der Waals surface area contributed by atoms with Crippen molar-refractivity contribution in [3.05, 3.63) is 29.8 Å². The summed E-state index contributed by atoms with van der Waals surface area (Å²) in [5.41, 5.74) is 7.73. The van der Waals surface area contributed by atoms with Crippen molar-refractivity contribution in [2.24, 2.45) is 5.73 Å². The van der Waals surface area contributed by atoms with E-state index in [1.54, 1.807) is 11.8 Å². The number of rotatable bonds is 5. The Morgan fingerprint density at radius 1 is 1.44 bits per heavy atom. The van der Waals surface area contributed by atoms with Crippen molar-refractivity contribution in [2.75, 3.05) is 17.3 Å². The fourth-order valence-corrected chi connectivity index (χ4v) is 1.74. The van der Waals surface area contributed by atoms with E-state index in [2.05, 4.69) is 5.32 Å². The van der Waals surface area contributed by atoms with Crippen LogP contribution in [0.1, 0.15) is 12.0 Å². The van der Waals surface area contributed by atoms with Crippen LogP contribution in [0.2, 0.25) is 0 Å². The third-order valence-corrected chi connectivity index (χ3v) is 2.93. The molecular formula is C12H18N2OS. The second-order valence-electron chi connectivity index (χ2n) is 3.74. The Labute approximate surface area is 101 Å². The zero-order valence-corrected chi connectivity index (χ0v) is 10.5. The maximum atomic E-state index is 11.7. The second kappa shape index (κ2) is 6.55. The first kappa shape index (κ1) is 13.1. The maximum absolute atomic E-state index is 11.7. The van der Waals surface area contributed by atoms with Gasteiger partial charge in [-0.05, 0) is 37.5 Å². The van der Waals surface area contributed by atoms with Gasteiger partial charge in [-0.3, -0.25) is 4.79 Å². The van der Waals surface area contributed by atoms with E-state index in [9.17, 15) is 4.79 Å². The van der Waals surface area contributed by atoms with E-state index < -0.39 is 6.04 Å². The van der Waals surface area contributed by atoms with Crippen LogP contribution < -0.4 is 11.1 Å². The zero-order chi connectivity index (χ0) is 12.0. The molecule has 3 nitrogen and oxygen atoms in total. The number of hydrogen-bond donors (Lipinski definition) is 2. The molecule has 88 valence electrons. The van der Waals surface area contributed by atoms with E-state index in [1.807, 2.05) is 37.4 Å². The molecule has 1 aromatic carbocycles. The average molecular weight is 238 g/mol. The predicted octanol–water partition coefficient (Wildman–Crippen LogP) is 2.01. The molecular weight excluding hydrogens is 220 g/mol. The number of nitrogens with one attached hydrogen (secondary N) is 1. The van der Waals surface area contributed by atoms with Crippen LogP contribution in [0.4, 0.5) is 5.69 Å². The lowest BCUT2D eigenvalue weighted by molar-refractivity contribution is -0.117. The number of carbonyl (C=O) groups is 1. The van der Waals surface area contributed by atoms with E-state index >= 15 is 0 Å². The molecule has 1 unspecified atom stereocenters. The number of amides is 1. The van der Waals surface area contributed by atoms with Gasteiger partial charge in [0.15, 0.2) is 0 Å². The molecule has 1 amide bonds. The van der Waals surface area contributed by atoms with Gasteiger partial charge in [0.25, 0.3) is 0 Å². The minimum Gasteiger partial charge on any atom is -0.325 e. The average Bonchev–Trinajstić information content (AvgIpc) is 2.29. The summed E-state index contributed by atoms with van der Waals surface area (Å²) in [6.45, 7) is 2.01. The summed E-state index contributed by atoms with van der Waals surface area (Å²) < 4.78 is 0. The van der Waals surface area contributed by atoms with Crippen LogP contribution in [0.15, 0.2) is 24.3 Å². The van der Waals surface area contributed by atoms with Crippen LogP contribution in [0.3, 0.4) is 0 Å². The first-order valence-corrected chi connectivity index (χ1v) is 6.65. The van der Waals surface area contributed by atoms with Crippen molar-refractivity contribution in [2.45, 2.75) is 19.4 Å². The van der Waals surface area contributed by atoms with Gasteiger partial charge in [-0.25, -0.2) is 0 Å². The summed E-state index contributed by atoms with van der Waals surface area (Å²) in [5, 5.41) is 2.80. The van der Waals surface area contributed by atoms with E-state index in [1.165, 1.54) is 5.56 Å². The maximum Gasteiger partial charge on any atom is 0.241 e. The van der Waals surface area contributed by atoms with Crippen LogP contribution in [-0.4, -0.2) is 24.0 Å². The molecule has 0 aliphatic heterocycles. The van der Waals surface area contributed by atoms with Crippen LogP contribution >= 0.6 is 11.8 Å². The smallest absolute Gasteiger partial charge is 0.241 e. The molecule has 0 radical (unpaired) electrons. The van der Waals surface area contributed by atoms with Gasteiger partial charge in [0.05, 0.1) is 6.04 Å². The van der Waals surface area contributed by atoms with Gasteiger partial charge in [0.2, 0.25) is 5.91 Å². The minimum absolute atomic E-state index is 0.113. The van der Waals surface area contributed by atoms with Gasteiger partial charge in [0.1, 0.15) is 0 Å². The number of carbonyl (C=O) groups excluding carboxylic acids is 1. The van der Waals surface area contributed by atoms with E-state index in [0.717, 1.165) is 11.4 Å². The summed E-state index contributed by atoms with van der Waals surface area (Å²) in [5.74, 6) is 0.792. The van der Waals surface area contributed by atoms with Crippen molar-refractivity contribution in [1.82, 2.24) is 0 Å². The number of thioether (sulfide) groups is 1. The molecule has 4 heteroatoms. The number of hydrogen-bond acceptors (Lipinski definition) is 3. The first-order valence-electron chi connectivity index (χ1n) is 5.25. The van der Waals surface area contributed by atoms with Gasteiger partial charge in [-0.15, -0.1) is 0 Å². The molecule has 0 heterocycles. The topological polar surface area (TPSA) is 55.1 Å². The van der Waals surface area contributed by atoms with Crippen molar-refractivity contribution < 1.29 is 4.79 Å². The van der Waals surface area contributed by atoms with E-state index in [4.69, 9.17) is 5.73 Å². The third kappa shape index (κ3) is 4.24. The Hall–Kier alpha value is -1.00. The third-order valence-electron chi connectivity index (χ3n) is 2.29. The molecule has 0 saturated carbocycles. The molecule has 0 aliphatic carbocycles. The predicted molar refractivity (Wildman–Crippen MR) is 70.8 cm³/mol. The Balaban J connectivity index is 2.47. The van der Waals surface area contributed by atoms with Gasteiger partial charge in [-0.2, -0.15) is 11.8 Å². The molecule has 16 heavy (non-hydrogen) atoms. The van der Waals surface area contributed by atoms with Gasteiger partial charge in [-0.1, -0.05) is 17.7 Å². The summed E-state index contributed by atoms with van der Waals surface area (Å²) in [4.78, 5) is 11.7. The van der Waals surface area contributed by atoms with Crippen LogP contribution in [0.5, 0.6) is 0 Å². The molecule has 1 rings (SSSR count). The molecule has 0 bridgehead atoms. The Morgan fingerprint density at radius 2 is 2.06 bits per heavy atom. The summed E-state index contributed by atoms with van der Waals surface area (Å²) in [6, 6.07) is 7.27. The summed E-state index contributed by atoms with van der Waals surface area (Å²) in [6.07, 6.45) is 2.71. The zero-order valence-electron chi connectivity index (χ0n) is 9.69. The summed E-state index contributed by atoms with van der Waals surface area (Å²) in [7, 11) is 0. The van der Waals surface area contributed by atoms with Gasteiger partial charge in [0, 0.05) is 5.69 Å². The fourth-order valence-electron chi connectivity index (χ4n) is 1.25. The van der Waals surface area contributed by atoms with Crippen LogP contribution in [-0.2, 0) is 4.79 Å². The standard InChI is InChI=1S/C12H18N2OS/c1-9-3-5-10(6-4-9)14-12(15)11(13)7-8-16-2/h3-6,11H,7-8,13H2,1-2H3,(H,14,15). The Kier molecular flexibility index (Phi) is 5.35. The molecule has 0 spiro atoms. The van der Waals surface area contributed by atoms with Crippen molar-refractivity contribution in [3.63, 3.8) is 0 Å². The normalized spacial score (nSPS) is 12.2. The van der Waals surface area contributed by atoms with Crippen molar-refractivity contribution >= 4 is 23.4 Å². The van der Waals surface area contributed by atoms with Gasteiger partial charge >= 0.3 is 0 Å².